The van der Waals surface area contributed by atoms with E-state index in [-0.39, 0.29) is 21.7 Å². The third kappa shape index (κ3) is 2.28. The van der Waals surface area contributed by atoms with Gasteiger partial charge in [-0.05, 0) is 55.4 Å². The number of allylic oxidation sites excluding steroid dienone is 12. The van der Waals surface area contributed by atoms with Crippen LogP contribution in [-0.2, 0) is 0 Å². The summed E-state index contributed by atoms with van der Waals surface area (Å²) in [5.41, 5.74) is 11.6. The highest BCUT2D eigenvalue weighted by Gasteiger charge is 2.59. The minimum Gasteiger partial charge on any atom is -0.0616 e. The Balaban J connectivity index is 1.92. The van der Waals surface area contributed by atoms with E-state index in [1.165, 1.54) is 44.6 Å². The van der Waals surface area contributed by atoms with Crippen LogP contribution in [0.1, 0.15) is 66.5 Å². The lowest BCUT2D eigenvalue weighted by atomic mass is 9.43. The van der Waals surface area contributed by atoms with E-state index in [1.807, 2.05) is 0 Å². The van der Waals surface area contributed by atoms with E-state index in [1.54, 1.807) is 0 Å². The summed E-state index contributed by atoms with van der Waals surface area (Å²) in [4.78, 5) is 0. The minimum atomic E-state index is -0.0636. The largest absolute Gasteiger partial charge is 0.0616 e. The lowest BCUT2D eigenvalue weighted by molar-refractivity contribution is 0.298. The SMILES string of the molecule is CC(C)(C)C1=CC2=CC=C3C=C(C(C)(C)C)C=C4c5ccccc5C(=C1)[C@]2(C)[C@]34C. The van der Waals surface area contributed by atoms with Crippen molar-refractivity contribution in [2.45, 2.75) is 55.4 Å². The highest BCUT2D eigenvalue weighted by Crippen LogP contribution is 2.71. The van der Waals surface area contributed by atoms with Crippen molar-refractivity contribution in [3.05, 3.63) is 94.1 Å². The second-order valence-corrected chi connectivity index (χ2v) is 11.9. The quantitative estimate of drug-likeness (QED) is 0.415. The molecule has 0 aromatic heterocycles. The van der Waals surface area contributed by atoms with E-state index in [2.05, 4.69) is 116 Å². The predicted octanol–water partition coefficient (Wildman–Crippen LogP) is 8.32. The van der Waals surface area contributed by atoms with Crippen molar-refractivity contribution in [1.82, 2.24) is 0 Å². The molecule has 154 valence electrons. The summed E-state index contributed by atoms with van der Waals surface area (Å²) < 4.78 is 0. The third-order valence-electron chi connectivity index (χ3n) is 8.14. The van der Waals surface area contributed by atoms with Gasteiger partial charge in [-0.1, -0.05) is 116 Å². The lowest BCUT2D eigenvalue weighted by Gasteiger charge is -2.59. The van der Waals surface area contributed by atoms with Crippen LogP contribution in [0, 0.1) is 21.7 Å². The predicted molar refractivity (Wildman–Crippen MR) is 130 cm³/mol. The summed E-state index contributed by atoms with van der Waals surface area (Å²) in [7, 11) is 0. The fraction of sp³-hybridized carbons (Fsp3) is 0.400. The van der Waals surface area contributed by atoms with Gasteiger partial charge < -0.3 is 0 Å². The van der Waals surface area contributed by atoms with Crippen LogP contribution in [0.4, 0.5) is 0 Å². The molecule has 0 bridgehead atoms. The maximum absolute atomic E-state index is 2.50. The summed E-state index contributed by atoms with van der Waals surface area (Å²) >= 11 is 0. The van der Waals surface area contributed by atoms with Crippen LogP contribution in [0.2, 0.25) is 0 Å². The van der Waals surface area contributed by atoms with Crippen molar-refractivity contribution in [2.75, 3.05) is 0 Å². The molecule has 0 spiro atoms. The van der Waals surface area contributed by atoms with Crippen molar-refractivity contribution >= 4 is 11.1 Å². The Morgan fingerprint density at radius 1 is 0.567 bits per heavy atom. The van der Waals surface area contributed by atoms with Crippen LogP contribution in [0.15, 0.2) is 83.0 Å². The van der Waals surface area contributed by atoms with E-state index < -0.39 is 0 Å². The van der Waals surface area contributed by atoms with Crippen molar-refractivity contribution in [3.63, 3.8) is 0 Å². The van der Waals surface area contributed by atoms with E-state index >= 15 is 0 Å². The Hall–Kier alpha value is -2.34. The standard InChI is InChI=1S/C30H34/c1-27(2,3)21-15-19-13-14-20-16-22(28(4,5)6)18-26-24-12-10-9-11-23(24)25(17-21)29(19,7)30(20,26)8/h9-18H,1-8H3/t29-,30-/m1/s1. The van der Waals surface area contributed by atoms with Gasteiger partial charge in [-0.3, -0.25) is 0 Å². The van der Waals surface area contributed by atoms with Crippen LogP contribution < -0.4 is 0 Å². The van der Waals surface area contributed by atoms with Crippen LogP contribution in [0.3, 0.4) is 0 Å². The lowest BCUT2D eigenvalue weighted by Crippen LogP contribution is -2.48. The number of rotatable bonds is 0. The second-order valence-electron chi connectivity index (χ2n) is 11.9. The highest BCUT2D eigenvalue weighted by molar-refractivity contribution is 5.98. The number of hydrogen-bond donors (Lipinski definition) is 0. The molecule has 30 heavy (non-hydrogen) atoms. The molecule has 2 atom stereocenters. The molecule has 1 aromatic carbocycles. The van der Waals surface area contributed by atoms with Crippen molar-refractivity contribution < 1.29 is 0 Å². The van der Waals surface area contributed by atoms with Crippen LogP contribution in [-0.4, -0.2) is 0 Å². The van der Waals surface area contributed by atoms with Crippen LogP contribution in [0.25, 0.3) is 11.1 Å². The third-order valence-corrected chi connectivity index (χ3v) is 8.14. The number of benzene rings is 1. The van der Waals surface area contributed by atoms with E-state index in [0.29, 0.717) is 0 Å². The highest BCUT2D eigenvalue weighted by atomic mass is 14.6. The van der Waals surface area contributed by atoms with Crippen molar-refractivity contribution in [2.24, 2.45) is 21.7 Å². The number of fused-ring (bicyclic) bond motifs is 3. The molecule has 0 amide bonds. The Labute approximate surface area is 182 Å². The molecule has 5 rings (SSSR count). The molecule has 4 aliphatic rings. The molecule has 0 aliphatic heterocycles. The van der Waals surface area contributed by atoms with Gasteiger partial charge >= 0.3 is 0 Å². The van der Waals surface area contributed by atoms with Gasteiger partial charge in [0.2, 0.25) is 0 Å². The summed E-state index contributed by atoms with van der Waals surface area (Å²) in [6.07, 6.45) is 14.7. The molecule has 4 aliphatic carbocycles. The first-order valence-corrected chi connectivity index (χ1v) is 11.3. The zero-order valence-corrected chi connectivity index (χ0v) is 19.8. The van der Waals surface area contributed by atoms with E-state index in [9.17, 15) is 0 Å². The summed E-state index contributed by atoms with van der Waals surface area (Å²) in [5, 5.41) is 0. The van der Waals surface area contributed by atoms with Crippen LogP contribution >= 0.6 is 0 Å². The van der Waals surface area contributed by atoms with Gasteiger partial charge in [-0.25, -0.2) is 0 Å². The van der Waals surface area contributed by atoms with Gasteiger partial charge in [0.05, 0.1) is 0 Å². The van der Waals surface area contributed by atoms with Gasteiger partial charge in [0, 0.05) is 10.8 Å². The first kappa shape index (κ1) is 19.6. The smallest absolute Gasteiger partial charge is 0.0315 e. The number of hydrogen-bond acceptors (Lipinski definition) is 0. The molecule has 0 unspecified atom stereocenters. The van der Waals surface area contributed by atoms with Gasteiger partial charge in [0.15, 0.2) is 0 Å². The Kier molecular flexibility index (Phi) is 3.70. The molecular weight excluding hydrogens is 360 g/mol. The monoisotopic (exact) mass is 394 g/mol. The molecule has 0 heteroatoms. The summed E-state index contributed by atoms with van der Waals surface area (Å²) in [6.45, 7) is 18.9. The first-order valence-electron chi connectivity index (χ1n) is 11.3. The maximum atomic E-state index is 2.50. The minimum absolute atomic E-state index is 0.0636. The Morgan fingerprint density at radius 2 is 0.933 bits per heavy atom. The van der Waals surface area contributed by atoms with Gasteiger partial charge in [0.25, 0.3) is 0 Å². The molecule has 0 saturated heterocycles. The van der Waals surface area contributed by atoms with Crippen LogP contribution in [0.5, 0.6) is 0 Å². The van der Waals surface area contributed by atoms with Gasteiger partial charge in [0.1, 0.15) is 0 Å². The zero-order chi connectivity index (χ0) is 21.7. The average Bonchev–Trinajstić information content (AvgIpc) is 2.65. The van der Waals surface area contributed by atoms with Gasteiger partial charge in [-0.2, -0.15) is 0 Å². The molecule has 0 heterocycles. The van der Waals surface area contributed by atoms with E-state index in [0.717, 1.165) is 0 Å². The second kappa shape index (κ2) is 5.67. The molecule has 0 nitrogen and oxygen atoms in total. The van der Waals surface area contributed by atoms with E-state index in [4.69, 9.17) is 0 Å². The maximum Gasteiger partial charge on any atom is 0.0315 e. The average molecular weight is 395 g/mol. The molecular formula is C30H34. The normalized spacial score (nSPS) is 29.5. The molecule has 0 saturated carbocycles. The fourth-order valence-corrected chi connectivity index (χ4v) is 5.86. The van der Waals surface area contributed by atoms with Crippen molar-refractivity contribution in [1.29, 1.82) is 0 Å². The fourth-order valence-electron chi connectivity index (χ4n) is 5.86. The van der Waals surface area contributed by atoms with Crippen molar-refractivity contribution in [3.8, 4) is 0 Å². The zero-order valence-electron chi connectivity index (χ0n) is 19.8. The summed E-state index contributed by atoms with van der Waals surface area (Å²) in [5.74, 6) is 0. The summed E-state index contributed by atoms with van der Waals surface area (Å²) in [6, 6.07) is 9.08. The molecule has 0 fully saturated rings. The molecule has 0 radical (unpaired) electrons. The topological polar surface area (TPSA) is 0 Å². The first-order chi connectivity index (χ1) is 13.9. The van der Waals surface area contributed by atoms with Gasteiger partial charge in [-0.15, -0.1) is 0 Å². The Bertz CT molecular complexity index is 1060. The Morgan fingerprint density at radius 3 is 1.27 bits per heavy atom. The molecule has 0 N–H and O–H groups in total. The molecule has 1 aromatic rings.